The summed E-state index contributed by atoms with van der Waals surface area (Å²) in [5.41, 5.74) is 8.29. The highest BCUT2D eigenvalue weighted by Crippen LogP contribution is 2.42. The summed E-state index contributed by atoms with van der Waals surface area (Å²) < 4.78 is 6.15. The van der Waals surface area contributed by atoms with Crippen molar-refractivity contribution in [2.24, 2.45) is 23.5 Å². The molecule has 5 heteroatoms. The zero-order valence-corrected chi connectivity index (χ0v) is 18.8. The number of fused-ring (bicyclic) bond motifs is 1. The summed E-state index contributed by atoms with van der Waals surface area (Å²) in [5.74, 6) is 1.87. The van der Waals surface area contributed by atoms with Crippen LogP contribution < -0.4 is 10.6 Å². The number of primary amides is 1. The molecule has 164 valence electrons. The molecule has 1 aliphatic heterocycles. The predicted molar refractivity (Wildman–Crippen MR) is 121 cm³/mol. The Morgan fingerprint density at radius 3 is 2.70 bits per heavy atom. The van der Waals surface area contributed by atoms with E-state index in [0.717, 1.165) is 56.2 Å². The minimum atomic E-state index is -0.691. The second kappa shape index (κ2) is 8.60. The Balaban J connectivity index is 1.64. The molecule has 1 aromatic heterocycles. The van der Waals surface area contributed by atoms with Crippen LogP contribution >= 0.6 is 0 Å². The van der Waals surface area contributed by atoms with E-state index < -0.39 is 5.54 Å². The zero-order chi connectivity index (χ0) is 21.3. The second-order valence-corrected chi connectivity index (χ2v) is 9.74. The third kappa shape index (κ3) is 3.83. The van der Waals surface area contributed by atoms with Crippen LogP contribution in [0.4, 0.5) is 6.01 Å². The summed E-state index contributed by atoms with van der Waals surface area (Å²) >= 11 is 0. The number of anilines is 1. The lowest BCUT2D eigenvalue weighted by atomic mass is 9.69. The highest BCUT2D eigenvalue weighted by atomic mass is 16.4. The monoisotopic (exact) mass is 411 g/mol. The van der Waals surface area contributed by atoms with Crippen molar-refractivity contribution in [3.8, 4) is 0 Å². The van der Waals surface area contributed by atoms with Crippen LogP contribution in [-0.2, 0) is 11.2 Å². The molecule has 2 heterocycles. The molecule has 2 fully saturated rings. The number of carbonyl (C=O) groups excluding carboxylic acids is 1. The number of amides is 1. The number of hydrogen-bond acceptors (Lipinski definition) is 4. The van der Waals surface area contributed by atoms with Gasteiger partial charge in [-0.3, -0.25) is 4.79 Å². The van der Waals surface area contributed by atoms with Gasteiger partial charge in [0.15, 0.2) is 5.58 Å². The van der Waals surface area contributed by atoms with Crippen molar-refractivity contribution in [2.45, 2.75) is 84.1 Å². The molecule has 2 N–H and O–H groups in total. The molecule has 1 saturated carbocycles. The maximum atomic E-state index is 12.9. The summed E-state index contributed by atoms with van der Waals surface area (Å²) in [6.07, 6.45) is 9.57. The Morgan fingerprint density at radius 1 is 1.23 bits per heavy atom. The smallest absolute Gasteiger partial charge is 0.299 e. The molecule has 4 rings (SSSR count). The van der Waals surface area contributed by atoms with Gasteiger partial charge >= 0.3 is 0 Å². The van der Waals surface area contributed by atoms with E-state index in [9.17, 15) is 4.79 Å². The number of hydrogen-bond donors (Lipinski definition) is 1. The fraction of sp³-hybridized carbons (Fsp3) is 0.680. The van der Waals surface area contributed by atoms with Crippen LogP contribution in [0.3, 0.4) is 0 Å². The quantitative estimate of drug-likeness (QED) is 0.685. The number of carbonyl (C=O) groups is 1. The highest BCUT2D eigenvalue weighted by molar-refractivity contribution is 5.89. The van der Waals surface area contributed by atoms with Gasteiger partial charge in [-0.25, -0.2) is 0 Å². The van der Waals surface area contributed by atoms with Crippen LogP contribution in [0, 0.1) is 17.8 Å². The van der Waals surface area contributed by atoms with Crippen LogP contribution in [0.2, 0.25) is 0 Å². The Labute approximate surface area is 180 Å². The van der Waals surface area contributed by atoms with E-state index in [1.165, 1.54) is 24.8 Å². The molecule has 1 saturated heterocycles. The van der Waals surface area contributed by atoms with E-state index in [2.05, 4.69) is 37.8 Å². The van der Waals surface area contributed by atoms with Gasteiger partial charge in [0.25, 0.3) is 6.01 Å². The Morgan fingerprint density at radius 2 is 2.00 bits per heavy atom. The SMILES string of the molecule is CCc1ccc2oc(N3CCCCC3(CCC3C(C)CCCC3C)C(N)=O)nc2c1. The molecule has 0 radical (unpaired) electrons. The highest BCUT2D eigenvalue weighted by Gasteiger charge is 2.47. The third-order valence-corrected chi connectivity index (χ3v) is 7.95. The van der Waals surface area contributed by atoms with Crippen LogP contribution in [-0.4, -0.2) is 23.0 Å². The minimum Gasteiger partial charge on any atom is -0.423 e. The predicted octanol–water partition coefficient (Wildman–Crippen LogP) is 5.46. The average molecular weight is 412 g/mol. The van der Waals surface area contributed by atoms with Gasteiger partial charge < -0.3 is 15.1 Å². The van der Waals surface area contributed by atoms with Crippen LogP contribution in [0.15, 0.2) is 22.6 Å². The van der Waals surface area contributed by atoms with Gasteiger partial charge in [0, 0.05) is 6.54 Å². The number of oxazole rings is 1. The lowest BCUT2D eigenvalue weighted by Crippen LogP contribution is -2.60. The van der Waals surface area contributed by atoms with Gasteiger partial charge in [-0.1, -0.05) is 46.1 Å². The van der Waals surface area contributed by atoms with Crippen molar-refractivity contribution in [3.63, 3.8) is 0 Å². The van der Waals surface area contributed by atoms with Crippen molar-refractivity contribution in [1.29, 1.82) is 0 Å². The fourth-order valence-electron chi connectivity index (χ4n) is 5.98. The Bertz CT molecular complexity index is 882. The number of nitrogens with zero attached hydrogens (tertiary/aromatic N) is 2. The van der Waals surface area contributed by atoms with Crippen molar-refractivity contribution >= 4 is 23.0 Å². The fourth-order valence-corrected chi connectivity index (χ4v) is 5.98. The lowest BCUT2D eigenvalue weighted by Gasteiger charge is -2.46. The summed E-state index contributed by atoms with van der Waals surface area (Å²) in [6.45, 7) is 7.66. The van der Waals surface area contributed by atoms with Crippen LogP contribution in [0.25, 0.3) is 11.1 Å². The molecule has 2 aliphatic rings. The van der Waals surface area contributed by atoms with Gasteiger partial charge in [-0.15, -0.1) is 0 Å². The van der Waals surface area contributed by atoms with E-state index in [1.54, 1.807) is 0 Å². The van der Waals surface area contributed by atoms with Crippen molar-refractivity contribution < 1.29 is 9.21 Å². The molecule has 1 aliphatic carbocycles. The second-order valence-electron chi connectivity index (χ2n) is 9.74. The Hall–Kier alpha value is -2.04. The van der Waals surface area contributed by atoms with E-state index >= 15 is 0 Å². The normalized spacial score (nSPS) is 30.0. The first-order valence-corrected chi connectivity index (χ1v) is 11.9. The number of piperidine rings is 1. The molecule has 30 heavy (non-hydrogen) atoms. The van der Waals surface area contributed by atoms with Gasteiger partial charge in [0.05, 0.1) is 0 Å². The standard InChI is InChI=1S/C25H37N3O2/c1-4-19-10-11-22-21(16-19)27-24(30-22)28-15-6-5-13-25(28,23(26)29)14-12-20-17(2)8-7-9-18(20)3/h10-11,16-18,20H,4-9,12-15H2,1-3H3,(H2,26,29). The van der Waals surface area contributed by atoms with Crippen LogP contribution in [0.5, 0.6) is 0 Å². The maximum Gasteiger partial charge on any atom is 0.299 e. The summed E-state index contributed by atoms with van der Waals surface area (Å²) in [5, 5.41) is 0. The average Bonchev–Trinajstić information content (AvgIpc) is 3.16. The first kappa shape index (κ1) is 21.2. The number of nitrogens with two attached hydrogens (primary N) is 1. The molecule has 0 spiro atoms. The largest absolute Gasteiger partial charge is 0.423 e. The summed E-state index contributed by atoms with van der Waals surface area (Å²) in [4.78, 5) is 19.8. The van der Waals surface area contributed by atoms with Crippen molar-refractivity contribution in [1.82, 2.24) is 4.98 Å². The van der Waals surface area contributed by atoms with E-state index in [1.807, 2.05) is 6.07 Å². The van der Waals surface area contributed by atoms with Gasteiger partial charge in [-0.2, -0.15) is 4.98 Å². The van der Waals surface area contributed by atoms with Gasteiger partial charge in [-0.05, 0) is 74.0 Å². The van der Waals surface area contributed by atoms with Crippen molar-refractivity contribution in [2.75, 3.05) is 11.4 Å². The van der Waals surface area contributed by atoms with Crippen molar-refractivity contribution in [3.05, 3.63) is 23.8 Å². The Kier molecular flexibility index (Phi) is 6.08. The van der Waals surface area contributed by atoms with E-state index in [-0.39, 0.29) is 5.91 Å². The molecule has 3 unspecified atom stereocenters. The number of aromatic nitrogens is 1. The molecular weight excluding hydrogens is 374 g/mol. The summed E-state index contributed by atoms with van der Waals surface area (Å²) in [6, 6.07) is 6.72. The summed E-state index contributed by atoms with van der Waals surface area (Å²) in [7, 11) is 0. The molecule has 1 aromatic carbocycles. The number of aryl methyl sites for hydroxylation is 1. The van der Waals surface area contributed by atoms with E-state index in [4.69, 9.17) is 15.1 Å². The molecule has 0 bridgehead atoms. The molecular formula is C25H37N3O2. The molecule has 5 nitrogen and oxygen atoms in total. The lowest BCUT2D eigenvalue weighted by molar-refractivity contribution is -0.124. The zero-order valence-electron chi connectivity index (χ0n) is 18.8. The number of benzene rings is 1. The van der Waals surface area contributed by atoms with Crippen LogP contribution in [0.1, 0.15) is 77.7 Å². The first-order chi connectivity index (χ1) is 14.4. The first-order valence-electron chi connectivity index (χ1n) is 11.9. The maximum absolute atomic E-state index is 12.9. The van der Waals surface area contributed by atoms with Gasteiger partial charge in [0.2, 0.25) is 5.91 Å². The molecule has 3 atom stereocenters. The van der Waals surface area contributed by atoms with E-state index in [0.29, 0.717) is 23.8 Å². The topological polar surface area (TPSA) is 72.4 Å². The number of rotatable bonds is 6. The molecule has 2 aromatic rings. The minimum absolute atomic E-state index is 0.227. The van der Waals surface area contributed by atoms with Gasteiger partial charge in [0.1, 0.15) is 11.1 Å². The molecule has 1 amide bonds. The third-order valence-electron chi connectivity index (χ3n) is 7.95.